The number of nitrogens with zero attached hydrogens (tertiary/aromatic N) is 2. The molecule has 110 valence electrons. The summed E-state index contributed by atoms with van der Waals surface area (Å²) in [5.41, 5.74) is 6.59. The molecule has 0 atom stereocenters. The van der Waals surface area contributed by atoms with Crippen LogP contribution in [-0.4, -0.2) is 21.3 Å². The Morgan fingerprint density at radius 1 is 1.52 bits per heavy atom. The minimum absolute atomic E-state index is 0.220. The van der Waals surface area contributed by atoms with E-state index in [1.54, 1.807) is 10.6 Å². The summed E-state index contributed by atoms with van der Waals surface area (Å²) in [7, 11) is 0. The molecule has 0 unspecified atom stereocenters. The van der Waals surface area contributed by atoms with Gasteiger partial charge in [0.2, 0.25) is 0 Å². The van der Waals surface area contributed by atoms with E-state index in [-0.39, 0.29) is 18.1 Å². The largest absolute Gasteiger partial charge is 0.343 e. The highest BCUT2D eigenvalue weighted by molar-refractivity contribution is 7.98. The van der Waals surface area contributed by atoms with E-state index in [1.807, 2.05) is 6.92 Å². The van der Waals surface area contributed by atoms with Crippen molar-refractivity contribution in [1.29, 1.82) is 0 Å². The molecule has 0 saturated carbocycles. The average molecular weight is 306 g/mol. The van der Waals surface area contributed by atoms with E-state index in [1.165, 1.54) is 23.9 Å². The lowest BCUT2D eigenvalue weighted by atomic mass is 10.1. The van der Waals surface area contributed by atoms with Gasteiger partial charge in [0, 0.05) is 17.9 Å². The summed E-state index contributed by atoms with van der Waals surface area (Å²) in [5, 5.41) is 6.99. The maximum atomic E-state index is 13.3. The molecule has 1 heterocycles. The van der Waals surface area contributed by atoms with Gasteiger partial charge in [0.1, 0.15) is 5.82 Å². The van der Waals surface area contributed by atoms with Crippen LogP contribution in [0.5, 0.6) is 0 Å². The minimum atomic E-state index is -0.338. The normalized spacial score (nSPS) is 10.2. The van der Waals surface area contributed by atoms with Crippen LogP contribution in [0, 0.1) is 17.7 Å². The van der Waals surface area contributed by atoms with Crippen LogP contribution in [0.1, 0.15) is 18.1 Å². The van der Waals surface area contributed by atoms with Crippen molar-refractivity contribution in [2.24, 2.45) is 5.73 Å². The molecular formula is C14H15FN4OS. The monoisotopic (exact) mass is 306 g/mol. The molecule has 0 fully saturated rings. The molecular weight excluding hydrogens is 291 g/mol. The van der Waals surface area contributed by atoms with Crippen molar-refractivity contribution in [3.63, 3.8) is 0 Å². The highest BCUT2D eigenvalue weighted by Gasteiger charge is 2.09. The van der Waals surface area contributed by atoms with Crippen molar-refractivity contribution in [3.8, 4) is 11.8 Å². The SMILES string of the molecule is CCn1c(SCc2ccc(F)cc2C#CCN)n[nH]c1=O. The first kappa shape index (κ1) is 15.4. The van der Waals surface area contributed by atoms with Gasteiger partial charge in [0.25, 0.3) is 0 Å². The summed E-state index contributed by atoms with van der Waals surface area (Å²) >= 11 is 1.40. The number of hydrogen-bond donors (Lipinski definition) is 2. The van der Waals surface area contributed by atoms with Crippen LogP contribution in [0.4, 0.5) is 4.39 Å². The number of thioether (sulfide) groups is 1. The van der Waals surface area contributed by atoms with Crippen LogP contribution in [0.2, 0.25) is 0 Å². The summed E-state index contributed by atoms with van der Waals surface area (Å²) in [4.78, 5) is 11.5. The number of halogens is 1. The van der Waals surface area contributed by atoms with E-state index in [4.69, 9.17) is 5.73 Å². The van der Waals surface area contributed by atoms with Gasteiger partial charge < -0.3 is 5.73 Å². The lowest BCUT2D eigenvalue weighted by Gasteiger charge is -2.05. The summed E-state index contributed by atoms with van der Waals surface area (Å²) in [6.45, 7) is 2.63. The zero-order valence-electron chi connectivity index (χ0n) is 11.5. The van der Waals surface area contributed by atoms with Gasteiger partial charge in [-0.2, -0.15) is 0 Å². The summed E-state index contributed by atoms with van der Waals surface area (Å²) in [6, 6.07) is 4.46. The fraction of sp³-hybridized carbons (Fsp3) is 0.286. The van der Waals surface area contributed by atoms with Crippen molar-refractivity contribution in [2.75, 3.05) is 6.54 Å². The number of aromatic amines is 1. The number of benzene rings is 1. The van der Waals surface area contributed by atoms with E-state index < -0.39 is 0 Å². The Morgan fingerprint density at radius 2 is 2.33 bits per heavy atom. The Labute approximate surface area is 125 Å². The number of H-pyrrole nitrogens is 1. The minimum Gasteiger partial charge on any atom is -0.320 e. The second-order valence-corrected chi connectivity index (χ2v) is 5.09. The molecule has 3 N–H and O–H groups in total. The fourth-order valence-electron chi connectivity index (χ4n) is 1.77. The Morgan fingerprint density at radius 3 is 3.05 bits per heavy atom. The van der Waals surface area contributed by atoms with E-state index in [2.05, 4.69) is 22.0 Å². The van der Waals surface area contributed by atoms with Crippen molar-refractivity contribution in [2.45, 2.75) is 24.4 Å². The number of aromatic nitrogens is 3. The highest BCUT2D eigenvalue weighted by atomic mass is 32.2. The Balaban J connectivity index is 2.21. The average Bonchev–Trinajstić information content (AvgIpc) is 2.84. The van der Waals surface area contributed by atoms with Gasteiger partial charge in [0.05, 0.1) is 6.54 Å². The molecule has 0 bridgehead atoms. The van der Waals surface area contributed by atoms with Gasteiger partial charge in [0.15, 0.2) is 5.16 Å². The predicted octanol–water partition coefficient (Wildman–Crippen LogP) is 1.33. The molecule has 21 heavy (non-hydrogen) atoms. The lowest BCUT2D eigenvalue weighted by Crippen LogP contribution is -2.16. The molecule has 1 aromatic heterocycles. The third kappa shape index (κ3) is 3.74. The maximum Gasteiger partial charge on any atom is 0.343 e. The van der Waals surface area contributed by atoms with Gasteiger partial charge in [-0.25, -0.2) is 14.3 Å². The van der Waals surface area contributed by atoms with Crippen molar-refractivity contribution < 1.29 is 4.39 Å². The van der Waals surface area contributed by atoms with Crippen LogP contribution in [-0.2, 0) is 12.3 Å². The molecule has 0 amide bonds. The Bertz CT molecular complexity index is 741. The third-order valence-electron chi connectivity index (χ3n) is 2.79. The molecule has 0 aliphatic rings. The van der Waals surface area contributed by atoms with Crippen LogP contribution >= 0.6 is 11.8 Å². The zero-order valence-corrected chi connectivity index (χ0v) is 12.3. The Kier molecular flexibility index (Phi) is 5.20. The molecule has 2 aromatic rings. The van der Waals surface area contributed by atoms with Crippen LogP contribution in [0.15, 0.2) is 28.2 Å². The van der Waals surface area contributed by atoms with E-state index in [0.29, 0.717) is 23.0 Å². The van der Waals surface area contributed by atoms with Crippen LogP contribution in [0.25, 0.3) is 0 Å². The smallest absolute Gasteiger partial charge is 0.320 e. The fourth-order valence-corrected chi connectivity index (χ4v) is 2.79. The molecule has 2 rings (SSSR count). The van der Waals surface area contributed by atoms with Gasteiger partial charge in [-0.3, -0.25) is 4.57 Å². The van der Waals surface area contributed by atoms with Gasteiger partial charge >= 0.3 is 5.69 Å². The molecule has 0 aliphatic heterocycles. The molecule has 0 aliphatic carbocycles. The molecule has 1 aromatic carbocycles. The summed E-state index contributed by atoms with van der Waals surface area (Å²) < 4.78 is 14.8. The maximum absolute atomic E-state index is 13.3. The van der Waals surface area contributed by atoms with Crippen LogP contribution < -0.4 is 11.4 Å². The van der Waals surface area contributed by atoms with Gasteiger partial charge in [-0.05, 0) is 24.6 Å². The number of nitrogens with two attached hydrogens (primary N) is 1. The second kappa shape index (κ2) is 7.11. The van der Waals surface area contributed by atoms with Gasteiger partial charge in [-0.15, -0.1) is 5.10 Å². The summed E-state index contributed by atoms with van der Waals surface area (Å²) in [6.07, 6.45) is 0. The van der Waals surface area contributed by atoms with E-state index >= 15 is 0 Å². The van der Waals surface area contributed by atoms with Crippen molar-refractivity contribution in [3.05, 3.63) is 45.6 Å². The second-order valence-electron chi connectivity index (χ2n) is 4.15. The van der Waals surface area contributed by atoms with Gasteiger partial charge in [-0.1, -0.05) is 29.7 Å². The standard InChI is InChI=1S/C14H15FN4OS/c1-2-19-13(20)17-18-14(19)21-9-11-5-6-12(15)8-10(11)4-3-7-16/h5-6,8H,2,7,9,16H2,1H3,(H,17,20). The predicted molar refractivity (Wildman–Crippen MR) is 80.4 cm³/mol. The number of rotatable bonds is 4. The summed E-state index contributed by atoms with van der Waals surface area (Å²) in [5.74, 6) is 5.78. The number of hydrogen-bond acceptors (Lipinski definition) is 4. The molecule has 7 heteroatoms. The topological polar surface area (TPSA) is 76.7 Å². The molecule has 5 nitrogen and oxygen atoms in total. The molecule has 0 radical (unpaired) electrons. The number of nitrogens with one attached hydrogen (secondary N) is 1. The van der Waals surface area contributed by atoms with Crippen molar-refractivity contribution in [1.82, 2.24) is 14.8 Å². The molecule has 0 spiro atoms. The Hall–Kier alpha value is -2.04. The highest BCUT2D eigenvalue weighted by Crippen LogP contribution is 2.22. The quantitative estimate of drug-likeness (QED) is 0.660. The first-order chi connectivity index (χ1) is 10.2. The first-order valence-electron chi connectivity index (χ1n) is 6.41. The van der Waals surface area contributed by atoms with Crippen LogP contribution in [0.3, 0.4) is 0 Å². The van der Waals surface area contributed by atoms with E-state index in [9.17, 15) is 9.18 Å². The third-order valence-corrected chi connectivity index (χ3v) is 3.82. The first-order valence-corrected chi connectivity index (χ1v) is 7.39. The molecule has 0 saturated heterocycles. The van der Waals surface area contributed by atoms with Crippen molar-refractivity contribution >= 4 is 11.8 Å². The lowest BCUT2D eigenvalue weighted by molar-refractivity contribution is 0.627. The zero-order chi connectivity index (χ0) is 15.2. The van der Waals surface area contributed by atoms with E-state index in [0.717, 1.165) is 5.56 Å².